The van der Waals surface area contributed by atoms with Crippen LogP contribution in [0.5, 0.6) is 11.5 Å². The SMILES string of the molecule is COc1cc(Cl)c(-c2cncc(N)n2)cc1OC. The highest BCUT2D eigenvalue weighted by Gasteiger charge is 2.12. The van der Waals surface area contributed by atoms with E-state index in [0.717, 1.165) is 0 Å². The fourth-order valence-corrected chi connectivity index (χ4v) is 1.81. The van der Waals surface area contributed by atoms with Crippen molar-refractivity contribution < 1.29 is 9.47 Å². The monoisotopic (exact) mass is 265 g/mol. The second-order valence-electron chi connectivity index (χ2n) is 3.52. The predicted molar refractivity (Wildman–Crippen MR) is 70.0 cm³/mol. The van der Waals surface area contributed by atoms with Crippen LogP contribution in [0, 0.1) is 0 Å². The molecule has 0 saturated heterocycles. The highest BCUT2D eigenvalue weighted by molar-refractivity contribution is 6.33. The lowest BCUT2D eigenvalue weighted by atomic mass is 10.1. The van der Waals surface area contributed by atoms with Gasteiger partial charge in [0.25, 0.3) is 0 Å². The van der Waals surface area contributed by atoms with E-state index in [-0.39, 0.29) is 0 Å². The zero-order chi connectivity index (χ0) is 13.1. The number of nitrogens with two attached hydrogens (primary N) is 1. The first-order valence-corrected chi connectivity index (χ1v) is 5.53. The summed E-state index contributed by atoms with van der Waals surface area (Å²) in [6.07, 6.45) is 3.06. The van der Waals surface area contributed by atoms with Gasteiger partial charge >= 0.3 is 0 Å². The minimum absolute atomic E-state index is 0.332. The van der Waals surface area contributed by atoms with Crippen LogP contribution in [0.25, 0.3) is 11.3 Å². The molecule has 0 bridgehead atoms. The van der Waals surface area contributed by atoms with E-state index in [9.17, 15) is 0 Å². The zero-order valence-corrected chi connectivity index (χ0v) is 10.7. The van der Waals surface area contributed by atoms with E-state index < -0.39 is 0 Å². The van der Waals surface area contributed by atoms with E-state index in [1.165, 1.54) is 6.20 Å². The van der Waals surface area contributed by atoms with Gasteiger partial charge in [0.05, 0.1) is 37.3 Å². The van der Waals surface area contributed by atoms with Crippen molar-refractivity contribution in [3.8, 4) is 22.8 Å². The molecule has 0 aliphatic rings. The molecule has 0 fully saturated rings. The zero-order valence-electron chi connectivity index (χ0n) is 9.98. The van der Waals surface area contributed by atoms with Crippen molar-refractivity contribution in [2.24, 2.45) is 0 Å². The molecule has 18 heavy (non-hydrogen) atoms. The first-order valence-electron chi connectivity index (χ1n) is 5.15. The van der Waals surface area contributed by atoms with Gasteiger partial charge in [-0.05, 0) is 6.07 Å². The summed E-state index contributed by atoms with van der Waals surface area (Å²) in [6.45, 7) is 0. The second kappa shape index (κ2) is 5.10. The van der Waals surface area contributed by atoms with E-state index in [0.29, 0.717) is 33.6 Å². The summed E-state index contributed by atoms with van der Waals surface area (Å²) in [6, 6.07) is 3.41. The quantitative estimate of drug-likeness (QED) is 0.923. The van der Waals surface area contributed by atoms with Crippen molar-refractivity contribution in [2.75, 3.05) is 20.0 Å². The Morgan fingerprint density at radius 1 is 1.11 bits per heavy atom. The van der Waals surface area contributed by atoms with Crippen molar-refractivity contribution in [1.29, 1.82) is 0 Å². The predicted octanol–water partition coefficient (Wildman–Crippen LogP) is 2.40. The van der Waals surface area contributed by atoms with Crippen molar-refractivity contribution >= 4 is 17.4 Å². The topological polar surface area (TPSA) is 70.3 Å². The summed E-state index contributed by atoms with van der Waals surface area (Å²) < 4.78 is 10.4. The fourth-order valence-electron chi connectivity index (χ4n) is 1.56. The molecule has 0 aliphatic carbocycles. The number of nitrogens with zero attached hydrogens (tertiary/aromatic N) is 2. The van der Waals surface area contributed by atoms with E-state index in [2.05, 4.69) is 9.97 Å². The highest BCUT2D eigenvalue weighted by Crippen LogP contribution is 2.37. The summed E-state index contributed by atoms with van der Waals surface area (Å²) >= 11 is 6.18. The Morgan fingerprint density at radius 2 is 1.78 bits per heavy atom. The smallest absolute Gasteiger partial charge is 0.162 e. The van der Waals surface area contributed by atoms with Gasteiger partial charge in [0.15, 0.2) is 11.5 Å². The number of ether oxygens (including phenoxy) is 2. The van der Waals surface area contributed by atoms with Crippen LogP contribution < -0.4 is 15.2 Å². The Bertz CT molecular complexity index is 575. The van der Waals surface area contributed by atoms with E-state index >= 15 is 0 Å². The molecule has 0 radical (unpaired) electrons. The maximum atomic E-state index is 6.18. The third-order valence-electron chi connectivity index (χ3n) is 2.40. The summed E-state index contributed by atoms with van der Waals surface area (Å²) in [5.74, 6) is 1.46. The molecule has 0 amide bonds. The molecule has 2 aromatic rings. The van der Waals surface area contributed by atoms with Crippen LogP contribution in [0.4, 0.5) is 5.82 Å². The normalized spacial score (nSPS) is 10.2. The van der Waals surface area contributed by atoms with Gasteiger partial charge in [0.2, 0.25) is 0 Å². The van der Waals surface area contributed by atoms with Crippen LogP contribution in [0.15, 0.2) is 24.5 Å². The second-order valence-corrected chi connectivity index (χ2v) is 3.92. The molecule has 2 N–H and O–H groups in total. The number of nitrogen functional groups attached to an aromatic ring is 1. The van der Waals surface area contributed by atoms with E-state index in [1.54, 1.807) is 32.5 Å². The molecule has 5 nitrogen and oxygen atoms in total. The molecule has 0 atom stereocenters. The lowest BCUT2D eigenvalue weighted by Gasteiger charge is -2.11. The lowest BCUT2D eigenvalue weighted by Crippen LogP contribution is -1.96. The van der Waals surface area contributed by atoms with Crippen LogP contribution in [0.1, 0.15) is 0 Å². The van der Waals surface area contributed by atoms with Crippen LogP contribution in [-0.4, -0.2) is 24.2 Å². The van der Waals surface area contributed by atoms with E-state index in [1.807, 2.05) is 0 Å². The minimum atomic E-state index is 0.332. The summed E-state index contributed by atoms with van der Waals surface area (Å²) in [5.41, 5.74) is 6.87. The number of rotatable bonds is 3. The molecular formula is C12H12ClN3O2. The van der Waals surface area contributed by atoms with Gasteiger partial charge in [-0.15, -0.1) is 0 Å². The van der Waals surface area contributed by atoms with Crippen LogP contribution >= 0.6 is 11.6 Å². The number of halogens is 1. The maximum absolute atomic E-state index is 6.18. The number of hydrogen-bond acceptors (Lipinski definition) is 5. The van der Waals surface area contributed by atoms with Crippen molar-refractivity contribution in [3.05, 3.63) is 29.5 Å². The molecule has 0 aliphatic heterocycles. The average Bonchev–Trinajstić information content (AvgIpc) is 2.38. The summed E-state index contributed by atoms with van der Waals surface area (Å²) in [5, 5.41) is 0.493. The first kappa shape index (κ1) is 12.4. The molecule has 6 heteroatoms. The fraction of sp³-hybridized carbons (Fsp3) is 0.167. The Kier molecular flexibility index (Phi) is 3.53. The molecule has 2 rings (SSSR count). The Hall–Kier alpha value is -2.01. The molecule has 94 valence electrons. The van der Waals surface area contributed by atoms with Gasteiger partial charge < -0.3 is 15.2 Å². The number of benzene rings is 1. The first-order chi connectivity index (χ1) is 8.65. The number of anilines is 1. The van der Waals surface area contributed by atoms with Gasteiger partial charge in [0.1, 0.15) is 5.82 Å². The molecule has 0 spiro atoms. The van der Waals surface area contributed by atoms with Gasteiger partial charge in [0, 0.05) is 11.6 Å². The Balaban J connectivity index is 2.57. The van der Waals surface area contributed by atoms with Crippen molar-refractivity contribution in [1.82, 2.24) is 9.97 Å². The van der Waals surface area contributed by atoms with Gasteiger partial charge in [-0.2, -0.15) is 0 Å². The molecule has 1 heterocycles. The van der Waals surface area contributed by atoms with Crippen LogP contribution in [0.2, 0.25) is 5.02 Å². The summed E-state index contributed by atoms with van der Waals surface area (Å²) in [7, 11) is 3.11. The van der Waals surface area contributed by atoms with Gasteiger partial charge in [-0.1, -0.05) is 11.6 Å². The average molecular weight is 266 g/mol. The standard InChI is InChI=1S/C12H12ClN3O2/c1-17-10-3-7(8(13)4-11(10)18-2)9-5-15-6-12(14)16-9/h3-6H,1-2H3,(H2,14,16). The van der Waals surface area contributed by atoms with E-state index in [4.69, 9.17) is 26.8 Å². The molecule has 0 unspecified atom stereocenters. The van der Waals surface area contributed by atoms with Crippen LogP contribution in [-0.2, 0) is 0 Å². The van der Waals surface area contributed by atoms with Crippen molar-refractivity contribution in [2.45, 2.75) is 0 Å². The van der Waals surface area contributed by atoms with Crippen molar-refractivity contribution in [3.63, 3.8) is 0 Å². The molecule has 0 saturated carbocycles. The molecule has 1 aromatic heterocycles. The molecular weight excluding hydrogens is 254 g/mol. The Labute approximate surface area is 110 Å². The molecule has 1 aromatic carbocycles. The number of methoxy groups -OCH3 is 2. The third kappa shape index (κ3) is 2.31. The largest absolute Gasteiger partial charge is 0.493 e. The third-order valence-corrected chi connectivity index (χ3v) is 2.72. The highest BCUT2D eigenvalue weighted by atomic mass is 35.5. The number of aromatic nitrogens is 2. The maximum Gasteiger partial charge on any atom is 0.162 e. The summed E-state index contributed by atoms with van der Waals surface area (Å²) in [4.78, 5) is 8.15. The van der Waals surface area contributed by atoms with Crippen LogP contribution in [0.3, 0.4) is 0 Å². The van der Waals surface area contributed by atoms with Gasteiger partial charge in [-0.3, -0.25) is 4.98 Å². The lowest BCUT2D eigenvalue weighted by molar-refractivity contribution is 0.355. The minimum Gasteiger partial charge on any atom is -0.493 e. The Morgan fingerprint density at radius 3 is 2.39 bits per heavy atom. The number of hydrogen-bond donors (Lipinski definition) is 1. The van der Waals surface area contributed by atoms with Gasteiger partial charge in [-0.25, -0.2) is 4.98 Å².